The molecule has 1 unspecified atom stereocenters. The standard InChI is InChI=1S/C14H18N2O3/c1-9-7-16-14(19-9)8-15-10(2)12-6-11(18-3)4-5-13(12)17/h4-7,10,15,17H,8H2,1-3H3. The third-order valence-electron chi connectivity index (χ3n) is 2.93. The Bertz CT molecular complexity index is 551. The number of ether oxygens (including phenoxy) is 1. The highest BCUT2D eigenvalue weighted by Crippen LogP contribution is 2.28. The number of oxazole rings is 1. The third kappa shape index (κ3) is 3.26. The van der Waals surface area contributed by atoms with Crippen molar-refractivity contribution in [1.29, 1.82) is 0 Å². The molecule has 0 amide bonds. The lowest BCUT2D eigenvalue weighted by Crippen LogP contribution is -2.18. The minimum atomic E-state index is -0.0395. The van der Waals surface area contributed by atoms with Crippen LogP contribution in [-0.2, 0) is 6.54 Å². The van der Waals surface area contributed by atoms with Crippen LogP contribution in [0.5, 0.6) is 11.5 Å². The lowest BCUT2D eigenvalue weighted by Gasteiger charge is -2.15. The van der Waals surface area contributed by atoms with Crippen LogP contribution < -0.4 is 10.1 Å². The SMILES string of the molecule is COc1ccc(O)c(C(C)NCc2ncc(C)o2)c1. The number of phenols is 1. The Labute approximate surface area is 112 Å². The predicted molar refractivity (Wildman–Crippen MR) is 71.2 cm³/mol. The fourth-order valence-corrected chi connectivity index (χ4v) is 1.84. The maximum absolute atomic E-state index is 9.87. The van der Waals surface area contributed by atoms with E-state index >= 15 is 0 Å². The Morgan fingerprint density at radius 3 is 2.89 bits per heavy atom. The highest BCUT2D eigenvalue weighted by Gasteiger charge is 2.12. The molecule has 5 nitrogen and oxygen atoms in total. The molecule has 2 aromatic rings. The maximum atomic E-state index is 9.87. The highest BCUT2D eigenvalue weighted by atomic mass is 16.5. The van der Waals surface area contributed by atoms with E-state index in [1.165, 1.54) is 0 Å². The maximum Gasteiger partial charge on any atom is 0.208 e. The van der Waals surface area contributed by atoms with Crippen LogP contribution in [0.15, 0.2) is 28.8 Å². The van der Waals surface area contributed by atoms with Gasteiger partial charge < -0.3 is 19.6 Å². The van der Waals surface area contributed by atoms with Gasteiger partial charge in [-0.2, -0.15) is 0 Å². The lowest BCUT2D eigenvalue weighted by molar-refractivity contribution is 0.402. The first-order chi connectivity index (χ1) is 9.10. The second kappa shape index (κ2) is 5.75. The Morgan fingerprint density at radius 1 is 1.47 bits per heavy atom. The summed E-state index contributed by atoms with van der Waals surface area (Å²) < 4.78 is 10.5. The van der Waals surface area contributed by atoms with Gasteiger partial charge in [0.15, 0.2) is 0 Å². The third-order valence-corrected chi connectivity index (χ3v) is 2.93. The van der Waals surface area contributed by atoms with Crippen molar-refractivity contribution in [1.82, 2.24) is 10.3 Å². The van der Waals surface area contributed by atoms with Crippen LogP contribution in [-0.4, -0.2) is 17.2 Å². The highest BCUT2D eigenvalue weighted by molar-refractivity contribution is 5.41. The van der Waals surface area contributed by atoms with Crippen molar-refractivity contribution in [3.63, 3.8) is 0 Å². The molecule has 1 atom stereocenters. The van der Waals surface area contributed by atoms with Crippen LogP contribution in [0.2, 0.25) is 0 Å². The summed E-state index contributed by atoms with van der Waals surface area (Å²) >= 11 is 0. The van der Waals surface area contributed by atoms with Gasteiger partial charge in [-0.25, -0.2) is 4.98 Å². The number of aromatic hydroxyl groups is 1. The van der Waals surface area contributed by atoms with Crippen molar-refractivity contribution >= 4 is 0 Å². The molecule has 102 valence electrons. The lowest BCUT2D eigenvalue weighted by atomic mass is 10.1. The number of phenolic OH excluding ortho intramolecular Hbond substituents is 1. The Balaban J connectivity index is 2.04. The van der Waals surface area contributed by atoms with Crippen LogP contribution in [0, 0.1) is 6.92 Å². The summed E-state index contributed by atoms with van der Waals surface area (Å²) in [6.07, 6.45) is 1.69. The van der Waals surface area contributed by atoms with Gasteiger partial charge in [0.05, 0.1) is 19.9 Å². The van der Waals surface area contributed by atoms with Crippen molar-refractivity contribution in [2.24, 2.45) is 0 Å². The zero-order valence-corrected chi connectivity index (χ0v) is 11.3. The molecule has 19 heavy (non-hydrogen) atoms. The van der Waals surface area contributed by atoms with Crippen LogP contribution in [0.3, 0.4) is 0 Å². The van der Waals surface area contributed by atoms with Gasteiger partial charge >= 0.3 is 0 Å². The number of aryl methyl sites for hydroxylation is 1. The second-order valence-electron chi connectivity index (χ2n) is 4.39. The molecule has 2 rings (SSSR count). The van der Waals surface area contributed by atoms with Crippen LogP contribution >= 0.6 is 0 Å². The molecule has 0 aliphatic rings. The van der Waals surface area contributed by atoms with E-state index in [-0.39, 0.29) is 11.8 Å². The molecule has 0 fully saturated rings. The summed E-state index contributed by atoms with van der Waals surface area (Å²) in [6.45, 7) is 4.32. The summed E-state index contributed by atoms with van der Waals surface area (Å²) in [5.74, 6) is 2.37. The van der Waals surface area contributed by atoms with Gasteiger partial charge in [0.2, 0.25) is 5.89 Å². The number of rotatable bonds is 5. The first-order valence-corrected chi connectivity index (χ1v) is 6.11. The zero-order chi connectivity index (χ0) is 13.8. The predicted octanol–water partition coefficient (Wildman–Crippen LogP) is 2.55. The van der Waals surface area contributed by atoms with Gasteiger partial charge in [-0.1, -0.05) is 0 Å². The van der Waals surface area contributed by atoms with Gasteiger partial charge in [-0.05, 0) is 32.0 Å². The Kier molecular flexibility index (Phi) is 4.06. The Morgan fingerprint density at radius 2 is 2.26 bits per heavy atom. The number of aromatic nitrogens is 1. The van der Waals surface area contributed by atoms with Crippen LogP contribution in [0.1, 0.15) is 30.2 Å². The minimum Gasteiger partial charge on any atom is -0.508 e. The summed E-state index contributed by atoms with van der Waals surface area (Å²) in [4.78, 5) is 4.12. The molecular formula is C14H18N2O3. The van der Waals surface area contributed by atoms with Crippen LogP contribution in [0.25, 0.3) is 0 Å². The number of hydrogen-bond donors (Lipinski definition) is 2. The van der Waals surface area contributed by atoms with E-state index in [9.17, 15) is 5.11 Å². The topological polar surface area (TPSA) is 67.5 Å². The number of nitrogens with zero attached hydrogens (tertiary/aromatic N) is 1. The molecule has 0 saturated heterocycles. The van der Waals surface area contributed by atoms with E-state index in [1.54, 1.807) is 25.4 Å². The van der Waals surface area contributed by atoms with E-state index in [1.807, 2.05) is 19.9 Å². The largest absolute Gasteiger partial charge is 0.508 e. The second-order valence-corrected chi connectivity index (χ2v) is 4.39. The van der Waals surface area contributed by atoms with Gasteiger partial charge in [-0.3, -0.25) is 0 Å². The van der Waals surface area contributed by atoms with E-state index in [0.29, 0.717) is 18.2 Å². The number of hydrogen-bond acceptors (Lipinski definition) is 5. The summed E-state index contributed by atoms with van der Waals surface area (Å²) in [5, 5.41) is 13.1. The number of nitrogens with one attached hydrogen (secondary N) is 1. The van der Waals surface area contributed by atoms with Gasteiger partial charge in [0.25, 0.3) is 0 Å². The molecule has 0 aliphatic heterocycles. The average Bonchev–Trinajstić information content (AvgIpc) is 2.82. The van der Waals surface area contributed by atoms with Crippen molar-refractivity contribution in [3.8, 4) is 11.5 Å². The molecule has 1 aromatic carbocycles. The molecule has 2 N–H and O–H groups in total. The normalized spacial score (nSPS) is 12.4. The van der Waals surface area contributed by atoms with Crippen LogP contribution in [0.4, 0.5) is 0 Å². The molecule has 0 bridgehead atoms. The number of methoxy groups -OCH3 is 1. The van der Waals surface area contributed by atoms with E-state index in [2.05, 4.69) is 10.3 Å². The molecule has 0 spiro atoms. The molecule has 5 heteroatoms. The molecular weight excluding hydrogens is 244 g/mol. The summed E-state index contributed by atoms with van der Waals surface area (Å²) in [7, 11) is 1.60. The average molecular weight is 262 g/mol. The van der Waals surface area contributed by atoms with Crippen molar-refractivity contribution < 1.29 is 14.3 Å². The fraction of sp³-hybridized carbons (Fsp3) is 0.357. The summed E-state index contributed by atoms with van der Waals surface area (Å²) in [5.41, 5.74) is 0.780. The fourth-order valence-electron chi connectivity index (χ4n) is 1.84. The van der Waals surface area contributed by atoms with E-state index < -0.39 is 0 Å². The smallest absolute Gasteiger partial charge is 0.208 e. The molecule has 1 heterocycles. The molecule has 0 radical (unpaired) electrons. The van der Waals surface area contributed by atoms with Crippen molar-refractivity contribution in [2.45, 2.75) is 26.4 Å². The van der Waals surface area contributed by atoms with Gasteiger partial charge in [0, 0.05) is 11.6 Å². The monoisotopic (exact) mass is 262 g/mol. The van der Waals surface area contributed by atoms with Gasteiger partial charge in [-0.15, -0.1) is 0 Å². The molecule has 0 aliphatic carbocycles. The van der Waals surface area contributed by atoms with Gasteiger partial charge in [0.1, 0.15) is 17.3 Å². The van der Waals surface area contributed by atoms with E-state index in [0.717, 1.165) is 11.3 Å². The first-order valence-electron chi connectivity index (χ1n) is 6.11. The van der Waals surface area contributed by atoms with Crippen molar-refractivity contribution in [3.05, 3.63) is 41.6 Å². The zero-order valence-electron chi connectivity index (χ0n) is 11.3. The minimum absolute atomic E-state index is 0.0395. The molecule has 1 aromatic heterocycles. The number of benzene rings is 1. The van der Waals surface area contributed by atoms with Crippen molar-refractivity contribution in [2.75, 3.05) is 7.11 Å². The van der Waals surface area contributed by atoms with E-state index in [4.69, 9.17) is 9.15 Å². The first kappa shape index (κ1) is 13.4. The quantitative estimate of drug-likeness (QED) is 0.866. The summed E-state index contributed by atoms with van der Waals surface area (Å²) in [6, 6.07) is 5.13. The Hall–Kier alpha value is -2.01. The molecule has 0 saturated carbocycles.